The molecule has 1 aromatic heterocycles. The van der Waals surface area contributed by atoms with Gasteiger partial charge in [-0.2, -0.15) is 8.75 Å². The molecule has 0 atom stereocenters. The van der Waals surface area contributed by atoms with Gasteiger partial charge in [-0.05, 0) is 56.6 Å². The molecule has 1 aromatic carbocycles. The molecule has 5 rings (SSSR count). The van der Waals surface area contributed by atoms with Gasteiger partial charge in [0.05, 0.1) is 11.7 Å². The van der Waals surface area contributed by atoms with Crippen molar-refractivity contribution in [3.8, 4) is 0 Å². The summed E-state index contributed by atoms with van der Waals surface area (Å²) in [6, 6.07) is 5.77. The van der Waals surface area contributed by atoms with Gasteiger partial charge < -0.3 is 4.90 Å². The zero-order valence-corrected chi connectivity index (χ0v) is 21.3. The Morgan fingerprint density at radius 1 is 0.971 bits per heavy atom. The first-order chi connectivity index (χ1) is 16.5. The number of aromatic nitrogens is 2. The fraction of sp³-hybridized carbons (Fsp3) is 0.708. The van der Waals surface area contributed by atoms with Crippen LogP contribution in [-0.2, 0) is 14.8 Å². The average Bonchev–Trinajstić information content (AvgIpc) is 3.37. The molecule has 34 heavy (non-hydrogen) atoms. The number of carbonyl (C=O) groups excluding carboxylic acids is 1. The SMILES string of the molecule is O=C(C1CCC(CNS(=O)(=O)c2cccc3nsnc23)CC1)N1CCN(C2CCCCC2)CC1. The van der Waals surface area contributed by atoms with E-state index in [9.17, 15) is 13.2 Å². The van der Waals surface area contributed by atoms with Crippen molar-refractivity contribution in [1.29, 1.82) is 0 Å². The summed E-state index contributed by atoms with van der Waals surface area (Å²) in [7, 11) is -3.64. The van der Waals surface area contributed by atoms with Crippen LogP contribution in [0.25, 0.3) is 11.0 Å². The molecule has 2 saturated carbocycles. The Labute approximate surface area is 206 Å². The molecule has 2 heterocycles. The Kier molecular flexibility index (Phi) is 7.48. The van der Waals surface area contributed by atoms with Crippen molar-refractivity contribution < 1.29 is 13.2 Å². The van der Waals surface area contributed by atoms with Crippen molar-refractivity contribution in [2.75, 3.05) is 32.7 Å². The highest BCUT2D eigenvalue weighted by molar-refractivity contribution is 7.89. The number of piperazine rings is 1. The predicted molar refractivity (Wildman–Crippen MR) is 133 cm³/mol. The van der Waals surface area contributed by atoms with E-state index in [4.69, 9.17) is 0 Å². The highest BCUT2D eigenvalue weighted by atomic mass is 32.2. The van der Waals surface area contributed by atoms with Crippen molar-refractivity contribution in [2.45, 2.75) is 68.7 Å². The van der Waals surface area contributed by atoms with Crippen LogP contribution in [0, 0.1) is 11.8 Å². The minimum atomic E-state index is -3.64. The van der Waals surface area contributed by atoms with Gasteiger partial charge in [0.1, 0.15) is 15.9 Å². The fourth-order valence-electron chi connectivity index (χ4n) is 5.93. The number of carbonyl (C=O) groups is 1. The van der Waals surface area contributed by atoms with Gasteiger partial charge in [-0.1, -0.05) is 25.3 Å². The summed E-state index contributed by atoms with van der Waals surface area (Å²) in [5.74, 6) is 0.656. The molecule has 2 aromatic rings. The molecular formula is C24H35N5O3S2. The first-order valence-corrected chi connectivity index (χ1v) is 15.0. The zero-order valence-electron chi connectivity index (χ0n) is 19.7. The number of nitrogens with zero attached hydrogens (tertiary/aromatic N) is 4. The number of hydrogen-bond donors (Lipinski definition) is 1. The molecule has 3 fully saturated rings. The van der Waals surface area contributed by atoms with E-state index in [0.29, 0.717) is 23.5 Å². The average molecular weight is 506 g/mol. The van der Waals surface area contributed by atoms with Gasteiger partial charge in [-0.3, -0.25) is 9.69 Å². The van der Waals surface area contributed by atoms with E-state index in [1.165, 1.54) is 32.1 Å². The fourth-order valence-corrected chi connectivity index (χ4v) is 7.81. The zero-order chi connectivity index (χ0) is 23.5. The highest BCUT2D eigenvalue weighted by Crippen LogP contribution is 2.31. The van der Waals surface area contributed by atoms with Gasteiger partial charge >= 0.3 is 0 Å². The summed E-state index contributed by atoms with van der Waals surface area (Å²) in [6.07, 6.45) is 10.2. The van der Waals surface area contributed by atoms with Crippen molar-refractivity contribution in [2.24, 2.45) is 11.8 Å². The number of sulfonamides is 1. The topological polar surface area (TPSA) is 95.5 Å². The molecule has 1 amide bonds. The van der Waals surface area contributed by atoms with E-state index in [2.05, 4.69) is 23.3 Å². The molecule has 0 unspecified atom stereocenters. The van der Waals surface area contributed by atoms with Crippen molar-refractivity contribution in [3.63, 3.8) is 0 Å². The summed E-state index contributed by atoms with van der Waals surface area (Å²) in [4.78, 5) is 18.0. The summed E-state index contributed by atoms with van der Waals surface area (Å²) in [6.45, 7) is 4.12. The molecule has 1 N–H and O–H groups in total. The summed E-state index contributed by atoms with van der Waals surface area (Å²) in [5.41, 5.74) is 1.03. The molecule has 2 aliphatic carbocycles. The number of hydrogen-bond acceptors (Lipinski definition) is 7. The smallest absolute Gasteiger partial charge is 0.242 e. The second-order valence-electron chi connectivity index (χ2n) is 10.1. The molecule has 1 aliphatic heterocycles. The third-order valence-corrected chi connectivity index (χ3v) is 10.0. The third kappa shape index (κ3) is 5.29. The van der Waals surface area contributed by atoms with Gasteiger partial charge in [0.15, 0.2) is 0 Å². The molecule has 1 saturated heterocycles. The Morgan fingerprint density at radius 3 is 2.44 bits per heavy atom. The van der Waals surface area contributed by atoms with E-state index < -0.39 is 10.0 Å². The van der Waals surface area contributed by atoms with Crippen molar-refractivity contribution in [3.05, 3.63) is 18.2 Å². The lowest BCUT2D eigenvalue weighted by Gasteiger charge is -2.42. The Hall–Kier alpha value is -1.62. The van der Waals surface area contributed by atoms with Crippen LogP contribution in [0.3, 0.4) is 0 Å². The van der Waals surface area contributed by atoms with Crippen LogP contribution in [0.1, 0.15) is 57.8 Å². The van der Waals surface area contributed by atoms with Gasteiger partial charge in [-0.25, -0.2) is 13.1 Å². The van der Waals surface area contributed by atoms with Gasteiger partial charge in [0, 0.05) is 44.7 Å². The van der Waals surface area contributed by atoms with Crippen LogP contribution in [0.15, 0.2) is 23.1 Å². The van der Waals surface area contributed by atoms with Crippen LogP contribution in [-0.4, -0.2) is 71.6 Å². The minimum absolute atomic E-state index is 0.0870. The van der Waals surface area contributed by atoms with Crippen molar-refractivity contribution >= 4 is 38.7 Å². The molecular weight excluding hydrogens is 470 g/mol. The second kappa shape index (κ2) is 10.6. The van der Waals surface area contributed by atoms with Crippen LogP contribution in [0.2, 0.25) is 0 Å². The van der Waals surface area contributed by atoms with Gasteiger partial charge in [0.25, 0.3) is 0 Å². The van der Waals surface area contributed by atoms with Crippen LogP contribution in [0.5, 0.6) is 0 Å². The van der Waals surface area contributed by atoms with E-state index in [1.54, 1.807) is 18.2 Å². The Balaban J connectivity index is 1.08. The van der Waals surface area contributed by atoms with Gasteiger partial charge in [-0.15, -0.1) is 0 Å². The highest BCUT2D eigenvalue weighted by Gasteiger charge is 2.33. The van der Waals surface area contributed by atoms with Crippen molar-refractivity contribution in [1.82, 2.24) is 23.3 Å². The molecule has 186 valence electrons. The third-order valence-electron chi connectivity index (χ3n) is 8.01. The van der Waals surface area contributed by atoms with E-state index in [0.717, 1.165) is 69.6 Å². The maximum atomic E-state index is 13.1. The van der Waals surface area contributed by atoms with Gasteiger partial charge in [0.2, 0.25) is 15.9 Å². The molecule has 0 radical (unpaired) electrons. The quantitative estimate of drug-likeness (QED) is 0.648. The number of amides is 1. The maximum Gasteiger partial charge on any atom is 0.242 e. The van der Waals surface area contributed by atoms with E-state index in [1.807, 2.05) is 0 Å². The first kappa shape index (κ1) is 24.1. The minimum Gasteiger partial charge on any atom is -0.340 e. The van der Waals surface area contributed by atoms with E-state index >= 15 is 0 Å². The standard InChI is InChI=1S/C24H35N5O3S2/c30-24(29-15-13-28(14-16-29)20-5-2-1-3-6-20)19-11-9-18(10-12-19)17-25-34(31,32)22-8-4-7-21-23(22)27-33-26-21/h4,7-8,18-20,25H,1-3,5-6,9-17H2. The molecule has 0 bridgehead atoms. The lowest BCUT2D eigenvalue weighted by atomic mass is 9.81. The molecule has 0 spiro atoms. The summed E-state index contributed by atoms with van der Waals surface area (Å²) < 4.78 is 36.8. The molecule has 10 heteroatoms. The first-order valence-electron chi connectivity index (χ1n) is 12.7. The number of fused-ring (bicyclic) bond motifs is 1. The van der Waals surface area contributed by atoms with Crippen LogP contribution >= 0.6 is 11.7 Å². The maximum absolute atomic E-state index is 13.1. The van der Waals surface area contributed by atoms with Crippen LogP contribution in [0.4, 0.5) is 0 Å². The second-order valence-corrected chi connectivity index (χ2v) is 12.4. The molecule has 3 aliphatic rings. The molecule has 8 nitrogen and oxygen atoms in total. The lowest BCUT2D eigenvalue weighted by molar-refractivity contribution is -0.139. The van der Waals surface area contributed by atoms with E-state index in [-0.39, 0.29) is 16.7 Å². The largest absolute Gasteiger partial charge is 0.340 e. The Bertz CT molecular complexity index is 1080. The summed E-state index contributed by atoms with van der Waals surface area (Å²) >= 11 is 1.02. The number of rotatable bonds is 6. The number of benzene rings is 1. The monoisotopic (exact) mass is 505 g/mol. The lowest BCUT2D eigenvalue weighted by Crippen LogP contribution is -2.53. The Morgan fingerprint density at radius 2 is 1.71 bits per heavy atom. The van der Waals surface area contributed by atoms with Crippen LogP contribution < -0.4 is 4.72 Å². The predicted octanol–water partition coefficient (Wildman–Crippen LogP) is 3.25. The number of nitrogens with one attached hydrogen (secondary N) is 1. The summed E-state index contributed by atoms with van der Waals surface area (Å²) in [5, 5.41) is 0. The normalized spacial score (nSPS) is 25.6.